The van der Waals surface area contributed by atoms with E-state index in [4.69, 9.17) is 9.47 Å². The molecule has 0 aliphatic heterocycles. The normalized spacial score (nSPS) is 10.8. The first-order valence-electron chi connectivity index (χ1n) is 8.33. The van der Waals surface area contributed by atoms with Gasteiger partial charge in [-0.1, -0.05) is 51.0 Å². The van der Waals surface area contributed by atoms with Crippen molar-refractivity contribution in [2.75, 3.05) is 13.2 Å². The molecule has 1 aromatic carbocycles. The van der Waals surface area contributed by atoms with E-state index >= 15 is 0 Å². The zero-order valence-electron chi connectivity index (χ0n) is 13.8. The fourth-order valence-electron chi connectivity index (χ4n) is 1.93. The van der Waals surface area contributed by atoms with Gasteiger partial charge in [0.05, 0.1) is 13.2 Å². The van der Waals surface area contributed by atoms with Crippen LogP contribution in [0.25, 0.3) is 0 Å². The lowest BCUT2D eigenvalue weighted by molar-refractivity contribution is 0.0495. The number of rotatable bonds is 11. The summed E-state index contributed by atoms with van der Waals surface area (Å²) in [5, 5.41) is 0. The van der Waals surface area contributed by atoms with E-state index in [0.29, 0.717) is 24.5 Å². The second kappa shape index (κ2) is 11.8. The van der Waals surface area contributed by atoms with Gasteiger partial charge in [0.2, 0.25) is 0 Å². The number of carbonyl (C=O) groups excluding carboxylic acids is 1. The molecule has 0 saturated carbocycles. The summed E-state index contributed by atoms with van der Waals surface area (Å²) in [7, 11) is 0. The Hall–Kier alpha value is -1.77. The molecule has 0 fully saturated rings. The van der Waals surface area contributed by atoms with Gasteiger partial charge in [0.1, 0.15) is 11.3 Å². The van der Waals surface area contributed by atoms with Gasteiger partial charge in [-0.25, -0.2) is 4.79 Å². The Labute approximate surface area is 134 Å². The Bertz CT molecular complexity index is 452. The molecule has 0 aromatic heterocycles. The first-order chi connectivity index (χ1) is 10.8. The highest BCUT2D eigenvalue weighted by molar-refractivity contribution is 5.92. The smallest absolute Gasteiger partial charge is 0.341 e. The van der Waals surface area contributed by atoms with E-state index in [1.807, 2.05) is 18.2 Å². The van der Waals surface area contributed by atoms with E-state index in [1.165, 1.54) is 6.42 Å². The molecule has 1 aromatic rings. The summed E-state index contributed by atoms with van der Waals surface area (Å²) in [6, 6.07) is 7.28. The quantitative estimate of drug-likeness (QED) is 0.322. The maximum atomic E-state index is 12.0. The second-order valence-corrected chi connectivity index (χ2v) is 5.24. The first kappa shape index (κ1) is 18.3. The molecule has 0 N–H and O–H groups in total. The van der Waals surface area contributed by atoms with E-state index in [9.17, 15) is 4.79 Å². The molecule has 0 radical (unpaired) electrons. The average Bonchev–Trinajstić information content (AvgIpc) is 2.54. The second-order valence-electron chi connectivity index (χ2n) is 5.24. The Morgan fingerprint density at radius 1 is 1.00 bits per heavy atom. The molecule has 0 aliphatic rings. The number of ether oxygens (including phenoxy) is 2. The average molecular weight is 304 g/mol. The molecular weight excluding hydrogens is 276 g/mol. The van der Waals surface area contributed by atoms with Crippen LogP contribution in [-0.4, -0.2) is 19.2 Å². The van der Waals surface area contributed by atoms with Crippen molar-refractivity contribution in [3.63, 3.8) is 0 Å². The van der Waals surface area contributed by atoms with Crippen LogP contribution in [-0.2, 0) is 4.74 Å². The minimum atomic E-state index is -0.299. The molecule has 3 nitrogen and oxygen atoms in total. The van der Waals surface area contributed by atoms with Gasteiger partial charge >= 0.3 is 5.97 Å². The molecule has 0 saturated heterocycles. The van der Waals surface area contributed by atoms with Crippen LogP contribution in [0.4, 0.5) is 0 Å². The van der Waals surface area contributed by atoms with E-state index in [1.54, 1.807) is 6.07 Å². The molecular formula is C19H28O3. The lowest BCUT2D eigenvalue weighted by atomic mass is 10.2. The van der Waals surface area contributed by atoms with Crippen LogP contribution in [0.3, 0.4) is 0 Å². The van der Waals surface area contributed by atoms with Crippen LogP contribution in [0, 0.1) is 0 Å². The van der Waals surface area contributed by atoms with Gasteiger partial charge in [-0.05, 0) is 37.8 Å². The van der Waals surface area contributed by atoms with Crippen LogP contribution in [0.5, 0.6) is 5.75 Å². The van der Waals surface area contributed by atoms with Gasteiger partial charge in [0.25, 0.3) is 0 Å². The monoisotopic (exact) mass is 304 g/mol. The lowest BCUT2D eigenvalue weighted by Crippen LogP contribution is -2.09. The van der Waals surface area contributed by atoms with Crippen molar-refractivity contribution in [1.82, 2.24) is 0 Å². The summed E-state index contributed by atoms with van der Waals surface area (Å²) in [5.41, 5.74) is 0.514. The van der Waals surface area contributed by atoms with Crippen molar-refractivity contribution in [2.24, 2.45) is 0 Å². The van der Waals surface area contributed by atoms with Crippen molar-refractivity contribution in [2.45, 2.75) is 52.4 Å². The fraction of sp³-hybridized carbons (Fsp3) is 0.526. The van der Waals surface area contributed by atoms with Crippen molar-refractivity contribution in [1.29, 1.82) is 0 Å². The van der Waals surface area contributed by atoms with Crippen molar-refractivity contribution >= 4 is 5.97 Å². The van der Waals surface area contributed by atoms with Crippen molar-refractivity contribution < 1.29 is 14.3 Å². The van der Waals surface area contributed by atoms with Gasteiger partial charge < -0.3 is 9.47 Å². The molecule has 0 bridgehead atoms. The maximum absolute atomic E-state index is 12.0. The van der Waals surface area contributed by atoms with Crippen molar-refractivity contribution in [3.05, 3.63) is 42.0 Å². The molecule has 122 valence electrons. The Balaban J connectivity index is 2.41. The summed E-state index contributed by atoms with van der Waals surface area (Å²) >= 11 is 0. The predicted octanol–water partition coefficient (Wildman–Crippen LogP) is 5.16. The fourth-order valence-corrected chi connectivity index (χ4v) is 1.93. The number of hydrogen-bond acceptors (Lipinski definition) is 3. The third-order valence-corrected chi connectivity index (χ3v) is 3.23. The predicted molar refractivity (Wildman–Crippen MR) is 90.4 cm³/mol. The van der Waals surface area contributed by atoms with Gasteiger partial charge in [-0.3, -0.25) is 0 Å². The Morgan fingerprint density at radius 2 is 1.77 bits per heavy atom. The number of carbonyl (C=O) groups is 1. The first-order valence-corrected chi connectivity index (χ1v) is 8.33. The molecule has 3 heteroatoms. The molecule has 0 amide bonds. The number of allylic oxidation sites excluding steroid dienone is 2. The third kappa shape index (κ3) is 7.30. The van der Waals surface area contributed by atoms with Crippen LogP contribution in [0.1, 0.15) is 62.7 Å². The maximum Gasteiger partial charge on any atom is 0.341 e. The minimum absolute atomic E-state index is 0.299. The highest BCUT2D eigenvalue weighted by atomic mass is 16.5. The van der Waals surface area contributed by atoms with Gasteiger partial charge in [-0.2, -0.15) is 0 Å². The zero-order chi connectivity index (χ0) is 16.0. The molecule has 0 unspecified atom stereocenters. The largest absolute Gasteiger partial charge is 0.493 e. The summed E-state index contributed by atoms with van der Waals surface area (Å²) in [6.45, 7) is 5.31. The molecule has 1 rings (SSSR count). The summed E-state index contributed by atoms with van der Waals surface area (Å²) in [6.07, 6.45) is 10.6. The highest BCUT2D eigenvalue weighted by Gasteiger charge is 2.13. The minimum Gasteiger partial charge on any atom is -0.493 e. The summed E-state index contributed by atoms with van der Waals surface area (Å²) in [5.74, 6) is 0.313. The number of hydrogen-bond donors (Lipinski definition) is 0. The lowest BCUT2D eigenvalue weighted by Gasteiger charge is -2.10. The number of benzene rings is 1. The van der Waals surface area contributed by atoms with Gasteiger partial charge in [-0.15, -0.1) is 0 Å². The van der Waals surface area contributed by atoms with Gasteiger partial charge in [0, 0.05) is 0 Å². The highest BCUT2D eigenvalue weighted by Crippen LogP contribution is 2.19. The van der Waals surface area contributed by atoms with E-state index in [2.05, 4.69) is 26.0 Å². The number of unbranched alkanes of at least 4 members (excludes halogenated alkanes) is 3. The van der Waals surface area contributed by atoms with E-state index in [-0.39, 0.29) is 5.97 Å². The van der Waals surface area contributed by atoms with Gasteiger partial charge in [0.15, 0.2) is 0 Å². The summed E-state index contributed by atoms with van der Waals surface area (Å²) < 4.78 is 11.0. The Kier molecular flexibility index (Phi) is 9.84. The topological polar surface area (TPSA) is 35.5 Å². The zero-order valence-corrected chi connectivity index (χ0v) is 13.8. The molecule has 22 heavy (non-hydrogen) atoms. The van der Waals surface area contributed by atoms with Crippen LogP contribution < -0.4 is 4.74 Å². The van der Waals surface area contributed by atoms with Crippen LogP contribution >= 0.6 is 0 Å². The number of para-hydroxylation sites is 1. The third-order valence-electron chi connectivity index (χ3n) is 3.23. The Morgan fingerprint density at radius 3 is 2.55 bits per heavy atom. The summed E-state index contributed by atoms with van der Waals surface area (Å²) in [4.78, 5) is 12.0. The van der Waals surface area contributed by atoms with E-state index < -0.39 is 0 Å². The number of esters is 1. The van der Waals surface area contributed by atoms with Crippen molar-refractivity contribution in [3.8, 4) is 5.75 Å². The van der Waals surface area contributed by atoms with E-state index in [0.717, 1.165) is 32.1 Å². The molecule has 0 heterocycles. The molecule has 0 spiro atoms. The molecule has 0 aliphatic carbocycles. The molecule has 0 atom stereocenters. The SMILES string of the molecule is CCCC=CCCCOc1ccccc1C(=O)OCCCC. The van der Waals surface area contributed by atoms with Crippen LogP contribution in [0.15, 0.2) is 36.4 Å². The van der Waals surface area contributed by atoms with Crippen LogP contribution in [0.2, 0.25) is 0 Å². The standard InChI is InChI=1S/C19H28O3/c1-3-5-7-8-9-12-16-21-18-14-11-10-13-17(18)19(20)22-15-6-4-2/h7-8,10-11,13-14H,3-6,9,12,15-16H2,1-2H3.